The minimum absolute atomic E-state index is 0.00917. The van der Waals surface area contributed by atoms with Gasteiger partial charge in [-0.05, 0) is 19.9 Å². The molecule has 17 heavy (non-hydrogen) atoms. The van der Waals surface area contributed by atoms with Crippen LogP contribution >= 0.6 is 11.6 Å². The Balaban J connectivity index is 2.57. The first-order valence-electron chi connectivity index (χ1n) is 5.19. The molecule has 2 aromatic heterocycles. The summed E-state index contributed by atoms with van der Waals surface area (Å²) in [6.07, 6.45) is 4.90. The van der Waals surface area contributed by atoms with Crippen LogP contribution in [0.2, 0.25) is 0 Å². The molecule has 0 aliphatic rings. The van der Waals surface area contributed by atoms with Gasteiger partial charge >= 0.3 is 0 Å². The molecule has 0 aliphatic carbocycles. The van der Waals surface area contributed by atoms with Gasteiger partial charge in [0.1, 0.15) is 0 Å². The number of hydrogen-bond acceptors (Lipinski definition) is 3. The second-order valence-electron chi connectivity index (χ2n) is 3.74. The van der Waals surface area contributed by atoms with Crippen LogP contribution in [-0.2, 0) is 0 Å². The van der Waals surface area contributed by atoms with E-state index >= 15 is 0 Å². The summed E-state index contributed by atoms with van der Waals surface area (Å²) in [6.45, 7) is 3.80. The molecule has 2 heterocycles. The highest BCUT2D eigenvalue weighted by atomic mass is 35.5. The van der Waals surface area contributed by atoms with Crippen LogP contribution in [0.4, 0.5) is 0 Å². The van der Waals surface area contributed by atoms with Crippen molar-refractivity contribution < 1.29 is 4.79 Å². The molecule has 0 saturated carbocycles. The summed E-state index contributed by atoms with van der Waals surface area (Å²) in [5.74, 6) is 0.621. The van der Waals surface area contributed by atoms with Gasteiger partial charge in [-0.1, -0.05) is 0 Å². The molecule has 4 nitrogen and oxygen atoms in total. The second kappa shape index (κ2) is 4.67. The Kier molecular flexibility index (Phi) is 3.24. The van der Waals surface area contributed by atoms with Gasteiger partial charge in [-0.15, -0.1) is 11.6 Å². The second-order valence-corrected chi connectivity index (χ2v) is 4.01. The number of ketones is 1. The molecule has 0 atom stereocenters. The van der Waals surface area contributed by atoms with E-state index in [0.717, 1.165) is 11.4 Å². The first kappa shape index (κ1) is 11.8. The molecular formula is C12H12ClN3O. The molecule has 0 aliphatic heterocycles. The van der Waals surface area contributed by atoms with Gasteiger partial charge in [0, 0.05) is 29.3 Å². The van der Waals surface area contributed by atoms with E-state index < -0.39 is 0 Å². The number of carbonyl (C=O) groups is 1. The van der Waals surface area contributed by atoms with E-state index in [2.05, 4.69) is 9.97 Å². The van der Waals surface area contributed by atoms with Crippen LogP contribution < -0.4 is 0 Å². The smallest absolute Gasteiger partial charge is 0.179 e. The largest absolute Gasteiger partial charge is 0.301 e. The zero-order valence-corrected chi connectivity index (χ0v) is 10.4. The number of aromatic nitrogens is 3. The first-order valence-corrected chi connectivity index (χ1v) is 5.73. The molecule has 0 unspecified atom stereocenters. The van der Waals surface area contributed by atoms with E-state index in [9.17, 15) is 4.79 Å². The fourth-order valence-electron chi connectivity index (χ4n) is 1.88. The molecule has 2 rings (SSSR count). The van der Waals surface area contributed by atoms with Crippen molar-refractivity contribution >= 4 is 17.4 Å². The molecule has 88 valence electrons. The van der Waals surface area contributed by atoms with Gasteiger partial charge in [0.05, 0.1) is 12.1 Å². The summed E-state index contributed by atoms with van der Waals surface area (Å²) < 4.78 is 1.90. The number of Topliss-reactive ketones (excluding diaryl/α,β-unsaturated/α-hetero) is 1. The van der Waals surface area contributed by atoms with Gasteiger partial charge in [0.25, 0.3) is 0 Å². The Morgan fingerprint density at radius 3 is 2.76 bits per heavy atom. The van der Waals surface area contributed by atoms with E-state index in [4.69, 9.17) is 11.6 Å². The van der Waals surface area contributed by atoms with Gasteiger partial charge < -0.3 is 4.57 Å². The number of nitrogens with zero attached hydrogens (tertiary/aromatic N) is 3. The van der Waals surface area contributed by atoms with Crippen molar-refractivity contribution in [3.05, 3.63) is 41.6 Å². The zero-order valence-electron chi connectivity index (χ0n) is 9.64. The Labute approximate surface area is 104 Å². The van der Waals surface area contributed by atoms with Crippen LogP contribution in [0, 0.1) is 13.8 Å². The van der Waals surface area contributed by atoms with Gasteiger partial charge in [-0.25, -0.2) is 4.98 Å². The Bertz CT molecular complexity index is 548. The van der Waals surface area contributed by atoms with E-state index in [1.807, 2.05) is 24.5 Å². The van der Waals surface area contributed by atoms with E-state index in [0.29, 0.717) is 11.4 Å². The molecule has 0 spiro atoms. The molecule has 0 aromatic carbocycles. The van der Waals surface area contributed by atoms with Crippen LogP contribution in [0.25, 0.3) is 5.82 Å². The number of rotatable bonds is 3. The number of halogens is 1. The fraction of sp³-hybridized carbons (Fsp3) is 0.250. The number of carbonyl (C=O) groups excluding carboxylic acids is 1. The molecule has 0 bridgehead atoms. The van der Waals surface area contributed by atoms with Crippen molar-refractivity contribution in [3.8, 4) is 5.82 Å². The van der Waals surface area contributed by atoms with Crippen molar-refractivity contribution in [2.75, 3.05) is 5.88 Å². The van der Waals surface area contributed by atoms with Crippen molar-refractivity contribution in [3.63, 3.8) is 0 Å². The minimum Gasteiger partial charge on any atom is -0.301 e. The zero-order chi connectivity index (χ0) is 12.4. The third-order valence-corrected chi connectivity index (χ3v) is 2.87. The molecule has 2 aromatic rings. The quantitative estimate of drug-likeness (QED) is 0.620. The van der Waals surface area contributed by atoms with Gasteiger partial charge in [0.15, 0.2) is 11.6 Å². The number of alkyl halides is 1. The van der Waals surface area contributed by atoms with Crippen LogP contribution in [0.3, 0.4) is 0 Å². The third-order valence-electron chi connectivity index (χ3n) is 2.63. The standard InChI is InChI=1S/C12H12ClN3O/c1-8-5-10(11(17)6-13)9(2)16(8)12-7-14-3-4-15-12/h3-5,7H,6H2,1-2H3. The molecule has 0 saturated heterocycles. The Morgan fingerprint density at radius 2 is 2.18 bits per heavy atom. The SMILES string of the molecule is Cc1cc(C(=O)CCl)c(C)n1-c1cnccn1. The molecule has 0 fully saturated rings. The van der Waals surface area contributed by atoms with Crippen LogP contribution in [0.1, 0.15) is 21.7 Å². The predicted octanol–water partition coefficient (Wildman–Crippen LogP) is 2.31. The highest BCUT2D eigenvalue weighted by molar-refractivity contribution is 6.30. The summed E-state index contributed by atoms with van der Waals surface area (Å²) in [4.78, 5) is 19.9. The minimum atomic E-state index is -0.0742. The summed E-state index contributed by atoms with van der Waals surface area (Å²) in [7, 11) is 0. The van der Waals surface area contributed by atoms with Crippen molar-refractivity contribution in [1.29, 1.82) is 0 Å². The lowest BCUT2D eigenvalue weighted by molar-refractivity contribution is 0.102. The van der Waals surface area contributed by atoms with Crippen molar-refractivity contribution in [2.45, 2.75) is 13.8 Å². The molecule has 0 radical (unpaired) electrons. The van der Waals surface area contributed by atoms with Crippen molar-refractivity contribution in [1.82, 2.24) is 14.5 Å². The normalized spacial score (nSPS) is 10.5. The lowest BCUT2D eigenvalue weighted by atomic mass is 10.2. The highest BCUT2D eigenvalue weighted by Crippen LogP contribution is 2.19. The van der Waals surface area contributed by atoms with E-state index in [1.165, 1.54) is 0 Å². The average molecular weight is 250 g/mol. The fourth-order valence-corrected chi connectivity index (χ4v) is 2.02. The van der Waals surface area contributed by atoms with Crippen LogP contribution in [-0.4, -0.2) is 26.2 Å². The summed E-state index contributed by atoms with van der Waals surface area (Å²) >= 11 is 5.58. The summed E-state index contributed by atoms with van der Waals surface area (Å²) in [5, 5.41) is 0. The van der Waals surface area contributed by atoms with Crippen LogP contribution in [0.5, 0.6) is 0 Å². The monoisotopic (exact) mass is 249 g/mol. The average Bonchev–Trinajstić information content (AvgIpc) is 2.65. The lowest BCUT2D eigenvalue weighted by Gasteiger charge is -2.07. The molecule has 5 heteroatoms. The molecule has 0 amide bonds. The number of hydrogen-bond donors (Lipinski definition) is 0. The van der Waals surface area contributed by atoms with E-state index in [1.54, 1.807) is 18.6 Å². The molecular weight excluding hydrogens is 238 g/mol. The predicted molar refractivity (Wildman–Crippen MR) is 65.9 cm³/mol. The van der Waals surface area contributed by atoms with Gasteiger partial charge in [-0.3, -0.25) is 9.78 Å². The van der Waals surface area contributed by atoms with Crippen molar-refractivity contribution in [2.24, 2.45) is 0 Å². The number of aryl methyl sites for hydroxylation is 1. The topological polar surface area (TPSA) is 47.8 Å². The first-order chi connectivity index (χ1) is 8.15. The lowest BCUT2D eigenvalue weighted by Crippen LogP contribution is -2.05. The Morgan fingerprint density at radius 1 is 1.41 bits per heavy atom. The maximum atomic E-state index is 11.6. The Hall–Kier alpha value is -1.68. The van der Waals surface area contributed by atoms with E-state index in [-0.39, 0.29) is 11.7 Å². The summed E-state index contributed by atoms with van der Waals surface area (Å²) in [6, 6.07) is 1.83. The van der Waals surface area contributed by atoms with Crippen LogP contribution in [0.15, 0.2) is 24.7 Å². The van der Waals surface area contributed by atoms with Gasteiger partial charge in [-0.2, -0.15) is 0 Å². The third kappa shape index (κ3) is 2.08. The maximum absolute atomic E-state index is 11.6. The van der Waals surface area contributed by atoms with Gasteiger partial charge in [0.2, 0.25) is 0 Å². The molecule has 0 N–H and O–H groups in total. The highest BCUT2D eigenvalue weighted by Gasteiger charge is 2.16. The summed E-state index contributed by atoms with van der Waals surface area (Å²) in [5.41, 5.74) is 2.42. The maximum Gasteiger partial charge on any atom is 0.179 e.